The third-order valence-electron chi connectivity index (χ3n) is 2.30. The van der Waals surface area contributed by atoms with E-state index in [1.807, 2.05) is 0 Å². The average molecular weight is 292 g/mol. The molecule has 0 aliphatic carbocycles. The van der Waals surface area contributed by atoms with Crippen LogP contribution in [0.4, 0.5) is 0 Å². The van der Waals surface area contributed by atoms with Crippen molar-refractivity contribution in [3.05, 3.63) is 0 Å². The van der Waals surface area contributed by atoms with E-state index in [4.69, 9.17) is 16.4 Å². The SMILES string of the molecule is COC(CCCN)(P(=O)(O)O)P(=O)(OC)ON. The summed E-state index contributed by atoms with van der Waals surface area (Å²) in [4.78, 5) is 18.6. The molecule has 17 heavy (non-hydrogen) atoms. The van der Waals surface area contributed by atoms with Gasteiger partial charge in [0.05, 0.1) is 0 Å². The summed E-state index contributed by atoms with van der Waals surface area (Å²) in [5.41, 5.74) is 5.25. The molecule has 11 heteroatoms. The van der Waals surface area contributed by atoms with E-state index in [-0.39, 0.29) is 19.4 Å². The van der Waals surface area contributed by atoms with Gasteiger partial charge in [-0.05, 0) is 13.0 Å². The Morgan fingerprint density at radius 1 is 1.29 bits per heavy atom. The summed E-state index contributed by atoms with van der Waals surface area (Å²) >= 11 is 0. The second-order valence-corrected chi connectivity index (χ2v) is 7.63. The molecule has 2 atom stereocenters. The Hall–Kier alpha value is 0.180. The molecule has 0 spiro atoms. The molecule has 104 valence electrons. The van der Waals surface area contributed by atoms with Gasteiger partial charge in [-0.2, -0.15) is 0 Å². The highest BCUT2D eigenvalue weighted by atomic mass is 31.2. The second kappa shape index (κ2) is 6.38. The highest BCUT2D eigenvalue weighted by molar-refractivity contribution is 7.73. The molecule has 0 fully saturated rings. The summed E-state index contributed by atoms with van der Waals surface area (Å²) in [5.74, 6) is 4.80. The van der Waals surface area contributed by atoms with Gasteiger partial charge in [-0.3, -0.25) is 9.13 Å². The largest absolute Gasteiger partial charge is 0.390 e. The molecule has 0 aliphatic rings. The fourth-order valence-corrected chi connectivity index (χ4v) is 4.92. The molecule has 0 saturated carbocycles. The number of hydrogen-bond donors (Lipinski definition) is 4. The van der Waals surface area contributed by atoms with Gasteiger partial charge in [0.15, 0.2) is 0 Å². The molecule has 0 radical (unpaired) electrons. The Morgan fingerprint density at radius 2 is 1.82 bits per heavy atom. The summed E-state index contributed by atoms with van der Waals surface area (Å²) < 4.78 is 37.0. The first-order valence-electron chi connectivity index (χ1n) is 4.60. The van der Waals surface area contributed by atoms with Crippen LogP contribution in [0.1, 0.15) is 12.8 Å². The van der Waals surface area contributed by atoms with E-state index in [0.717, 1.165) is 14.2 Å². The average Bonchev–Trinajstić information content (AvgIpc) is 2.28. The summed E-state index contributed by atoms with van der Waals surface area (Å²) in [7, 11) is -7.35. The van der Waals surface area contributed by atoms with Crippen LogP contribution < -0.4 is 11.6 Å². The zero-order valence-electron chi connectivity index (χ0n) is 9.61. The van der Waals surface area contributed by atoms with Crippen molar-refractivity contribution in [2.75, 3.05) is 20.8 Å². The van der Waals surface area contributed by atoms with Crippen molar-refractivity contribution in [2.24, 2.45) is 11.6 Å². The lowest BCUT2D eigenvalue weighted by atomic mass is 10.3. The van der Waals surface area contributed by atoms with Crippen molar-refractivity contribution in [3.63, 3.8) is 0 Å². The third-order valence-corrected chi connectivity index (χ3v) is 7.15. The molecular formula is C6H18N2O7P2. The zero-order valence-corrected chi connectivity index (χ0v) is 11.4. The first kappa shape index (κ1) is 17.2. The van der Waals surface area contributed by atoms with E-state index in [0.29, 0.717) is 0 Å². The highest BCUT2D eigenvalue weighted by Crippen LogP contribution is 2.74. The van der Waals surface area contributed by atoms with Crippen LogP contribution in [0, 0.1) is 0 Å². The van der Waals surface area contributed by atoms with E-state index >= 15 is 0 Å². The standard InChI is InChI=1S/C6H18N2O7P2/c1-13-6(4-3-5-7,16(9,10)11)17(12,14-2)15-8/h3-5,7-8H2,1-2H3,(H2,9,10,11). The van der Waals surface area contributed by atoms with E-state index in [1.165, 1.54) is 0 Å². The van der Waals surface area contributed by atoms with Gasteiger partial charge in [0.1, 0.15) is 0 Å². The molecule has 0 aliphatic heterocycles. The first-order valence-corrected chi connectivity index (χ1v) is 7.75. The van der Waals surface area contributed by atoms with Crippen LogP contribution in [-0.4, -0.2) is 35.6 Å². The van der Waals surface area contributed by atoms with Crippen LogP contribution in [-0.2, 0) is 23.0 Å². The summed E-state index contributed by atoms with van der Waals surface area (Å²) in [6, 6.07) is 0. The maximum absolute atomic E-state index is 12.1. The number of hydrogen-bond acceptors (Lipinski definition) is 7. The molecule has 0 heterocycles. The smallest absolute Gasteiger partial charge is 0.355 e. The van der Waals surface area contributed by atoms with Gasteiger partial charge < -0.3 is 24.8 Å². The van der Waals surface area contributed by atoms with Gasteiger partial charge in [-0.1, -0.05) is 0 Å². The van der Waals surface area contributed by atoms with Crippen molar-refractivity contribution < 1.29 is 32.8 Å². The van der Waals surface area contributed by atoms with Crippen LogP contribution in [0.25, 0.3) is 0 Å². The van der Waals surface area contributed by atoms with Crippen LogP contribution in [0.3, 0.4) is 0 Å². The monoisotopic (exact) mass is 292 g/mol. The van der Waals surface area contributed by atoms with Gasteiger partial charge in [-0.25, -0.2) is 10.5 Å². The van der Waals surface area contributed by atoms with Crippen molar-refractivity contribution in [1.29, 1.82) is 0 Å². The van der Waals surface area contributed by atoms with Crippen LogP contribution in [0.15, 0.2) is 0 Å². The predicted octanol–water partition coefficient (Wildman–Crippen LogP) is -0.0670. The van der Waals surface area contributed by atoms with Gasteiger partial charge >= 0.3 is 15.2 Å². The normalized spacial score (nSPS) is 19.6. The highest BCUT2D eigenvalue weighted by Gasteiger charge is 2.63. The molecule has 0 aromatic heterocycles. The minimum atomic E-state index is -4.96. The number of methoxy groups -OCH3 is 1. The molecule has 2 unspecified atom stereocenters. The number of nitrogens with two attached hydrogens (primary N) is 2. The fraction of sp³-hybridized carbons (Fsp3) is 1.00. The molecule has 0 amide bonds. The first-order chi connectivity index (χ1) is 7.74. The third kappa shape index (κ3) is 3.14. The van der Waals surface area contributed by atoms with Crippen molar-refractivity contribution >= 4 is 15.2 Å². The Kier molecular flexibility index (Phi) is 6.44. The second-order valence-electron chi connectivity index (χ2n) is 3.17. The molecular weight excluding hydrogens is 274 g/mol. The predicted molar refractivity (Wildman–Crippen MR) is 60.0 cm³/mol. The summed E-state index contributed by atoms with van der Waals surface area (Å²) in [6.07, 6.45) is -0.164. The van der Waals surface area contributed by atoms with Gasteiger partial charge in [-0.15, -0.1) is 0 Å². The number of ether oxygens (including phenoxy) is 1. The van der Waals surface area contributed by atoms with Crippen LogP contribution in [0.5, 0.6) is 0 Å². The van der Waals surface area contributed by atoms with Crippen molar-refractivity contribution in [1.82, 2.24) is 0 Å². The molecule has 6 N–H and O–H groups in total. The zero-order chi connectivity index (χ0) is 13.7. The van der Waals surface area contributed by atoms with Gasteiger partial charge in [0.2, 0.25) is 0 Å². The molecule has 0 aromatic rings. The summed E-state index contributed by atoms with van der Waals surface area (Å²) in [6.45, 7) is 0.124. The molecule has 0 aromatic carbocycles. The Morgan fingerprint density at radius 3 is 2.06 bits per heavy atom. The van der Waals surface area contributed by atoms with E-state index in [1.54, 1.807) is 0 Å². The topological polar surface area (TPSA) is 154 Å². The van der Waals surface area contributed by atoms with Crippen molar-refractivity contribution in [3.8, 4) is 0 Å². The lowest BCUT2D eigenvalue weighted by Gasteiger charge is -2.35. The van der Waals surface area contributed by atoms with Crippen LogP contribution in [0.2, 0.25) is 0 Å². The number of rotatable bonds is 8. The lowest BCUT2D eigenvalue weighted by molar-refractivity contribution is 0.0567. The summed E-state index contributed by atoms with van der Waals surface area (Å²) in [5, 5.41) is -2.44. The maximum Gasteiger partial charge on any atom is 0.390 e. The molecule has 0 rings (SSSR count). The Balaban J connectivity index is 5.65. The Bertz CT molecular complexity index is 324. The fourth-order valence-electron chi connectivity index (χ4n) is 1.38. The molecule has 0 saturated heterocycles. The van der Waals surface area contributed by atoms with Crippen molar-refractivity contribution in [2.45, 2.75) is 17.9 Å². The van der Waals surface area contributed by atoms with Gasteiger partial charge in [0.25, 0.3) is 5.08 Å². The van der Waals surface area contributed by atoms with Gasteiger partial charge in [0, 0.05) is 20.6 Å². The van der Waals surface area contributed by atoms with E-state index in [2.05, 4.69) is 9.15 Å². The molecule has 0 bridgehead atoms. The van der Waals surface area contributed by atoms with E-state index in [9.17, 15) is 18.9 Å². The maximum atomic E-state index is 12.1. The Labute approximate surface area is 99.1 Å². The van der Waals surface area contributed by atoms with E-state index < -0.39 is 20.3 Å². The van der Waals surface area contributed by atoms with Crippen LogP contribution >= 0.6 is 15.2 Å². The minimum Gasteiger partial charge on any atom is -0.355 e. The minimum absolute atomic E-state index is 0.124. The lowest BCUT2D eigenvalue weighted by Crippen LogP contribution is -2.34. The quantitative estimate of drug-likeness (QED) is 0.355. The molecule has 9 nitrogen and oxygen atoms in total.